The Balaban J connectivity index is 2.06. The lowest BCUT2D eigenvalue weighted by molar-refractivity contribution is 0.202. The van der Waals surface area contributed by atoms with E-state index in [4.69, 9.17) is 11.6 Å². The third-order valence-electron chi connectivity index (χ3n) is 2.82. The zero-order chi connectivity index (χ0) is 9.97. The van der Waals surface area contributed by atoms with Gasteiger partial charge in [0, 0.05) is 17.7 Å². The summed E-state index contributed by atoms with van der Waals surface area (Å²) >= 11 is 0. The number of nitrogens with two attached hydrogens (primary N) is 2. The van der Waals surface area contributed by atoms with E-state index in [1.54, 1.807) is 0 Å². The van der Waals surface area contributed by atoms with Crippen molar-refractivity contribution in [1.29, 1.82) is 0 Å². The summed E-state index contributed by atoms with van der Waals surface area (Å²) in [6, 6.07) is 0. The predicted octanol–water partition coefficient (Wildman–Crippen LogP) is 0.417. The van der Waals surface area contributed by atoms with Crippen molar-refractivity contribution in [3.63, 3.8) is 0 Å². The smallest absolute Gasteiger partial charge is 0.148 e. The molecule has 0 amide bonds. The van der Waals surface area contributed by atoms with Crippen LogP contribution >= 0.6 is 0 Å². The normalized spacial score (nSPS) is 23.9. The Labute approximate surface area is 83.8 Å². The van der Waals surface area contributed by atoms with E-state index in [9.17, 15) is 0 Å². The van der Waals surface area contributed by atoms with Crippen LogP contribution in [0.1, 0.15) is 32.1 Å². The molecule has 0 aromatic carbocycles. The van der Waals surface area contributed by atoms with Crippen LogP contribution < -0.4 is 17.0 Å². The topological polar surface area (TPSA) is 79.7 Å². The van der Waals surface area contributed by atoms with Gasteiger partial charge in [-0.3, -0.25) is 5.43 Å². The summed E-state index contributed by atoms with van der Waals surface area (Å²) in [5.74, 6) is 6.59. The van der Waals surface area contributed by atoms with Gasteiger partial charge in [0.25, 0.3) is 0 Å². The third kappa shape index (κ3) is 1.98. The molecule has 0 bridgehead atoms. The van der Waals surface area contributed by atoms with E-state index in [1.807, 2.05) is 6.08 Å². The second kappa shape index (κ2) is 3.88. The molecule has 0 radical (unpaired) electrons. The number of amidine groups is 1. The van der Waals surface area contributed by atoms with Gasteiger partial charge >= 0.3 is 0 Å². The highest BCUT2D eigenvalue weighted by Gasteiger charge is 2.20. The van der Waals surface area contributed by atoms with Crippen molar-refractivity contribution in [2.45, 2.75) is 32.1 Å². The third-order valence-corrected chi connectivity index (χ3v) is 2.82. The first-order chi connectivity index (χ1) is 6.75. The highest BCUT2D eigenvalue weighted by molar-refractivity contribution is 5.92. The molecule has 5 heteroatoms. The Morgan fingerprint density at radius 3 is 2.71 bits per heavy atom. The molecule has 1 aliphatic heterocycles. The fourth-order valence-corrected chi connectivity index (χ4v) is 2.12. The number of rotatable bonds is 1. The van der Waals surface area contributed by atoms with Crippen LogP contribution in [0.25, 0.3) is 0 Å². The number of nitrogens with zero attached hydrogens (tertiary/aromatic N) is 2. The molecule has 1 heterocycles. The number of allylic oxidation sites excluding steroid dienone is 1. The maximum atomic E-state index is 5.63. The Bertz CT molecular complexity index is 264. The summed E-state index contributed by atoms with van der Waals surface area (Å²) < 4.78 is 0. The van der Waals surface area contributed by atoms with Gasteiger partial charge in [-0.25, -0.2) is 5.84 Å². The van der Waals surface area contributed by atoms with Crippen LogP contribution in [-0.2, 0) is 0 Å². The van der Waals surface area contributed by atoms with Gasteiger partial charge in [-0.15, -0.1) is 10.3 Å². The summed E-state index contributed by atoms with van der Waals surface area (Å²) in [7, 11) is 0. The lowest BCUT2D eigenvalue weighted by Gasteiger charge is -2.29. The summed E-state index contributed by atoms with van der Waals surface area (Å²) in [6.07, 6.45) is 8.27. The van der Waals surface area contributed by atoms with E-state index in [2.05, 4.69) is 10.5 Å². The van der Waals surface area contributed by atoms with Crippen molar-refractivity contribution in [3.05, 3.63) is 11.8 Å². The maximum Gasteiger partial charge on any atom is 0.148 e. The fraction of sp³-hybridized carbons (Fsp3) is 0.667. The van der Waals surface area contributed by atoms with Gasteiger partial charge in [0.05, 0.1) is 0 Å². The lowest BCUT2D eigenvalue weighted by atomic mass is 9.86. The van der Waals surface area contributed by atoms with Crippen LogP contribution in [-0.4, -0.2) is 11.1 Å². The van der Waals surface area contributed by atoms with Gasteiger partial charge in [0.15, 0.2) is 0 Å². The molecule has 0 atom stereocenters. The second-order valence-electron chi connectivity index (χ2n) is 3.92. The van der Waals surface area contributed by atoms with Crippen molar-refractivity contribution in [2.24, 2.45) is 22.6 Å². The summed E-state index contributed by atoms with van der Waals surface area (Å²) in [5, 5.41) is 5.04. The van der Waals surface area contributed by atoms with Crippen molar-refractivity contribution in [1.82, 2.24) is 10.7 Å². The van der Waals surface area contributed by atoms with Crippen LogP contribution in [0.15, 0.2) is 16.9 Å². The minimum Gasteiger partial charge on any atom is -0.382 e. The molecule has 0 aromatic heterocycles. The predicted molar refractivity (Wildman–Crippen MR) is 55.4 cm³/mol. The largest absolute Gasteiger partial charge is 0.382 e. The first-order valence-electron chi connectivity index (χ1n) is 5.13. The van der Waals surface area contributed by atoms with E-state index in [1.165, 1.54) is 37.3 Å². The highest BCUT2D eigenvalue weighted by atomic mass is 15.8. The van der Waals surface area contributed by atoms with E-state index >= 15 is 0 Å². The van der Waals surface area contributed by atoms with E-state index < -0.39 is 0 Å². The molecule has 1 aliphatic carbocycles. The van der Waals surface area contributed by atoms with E-state index in [0.29, 0.717) is 11.8 Å². The van der Waals surface area contributed by atoms with Crippen molar-refractivity contribution in [2.75, 3.05) is 0 Å². The zero-order valence-corrected chi connectivity index (χ0v) is 8.24. The molecule has 78 valence electrons. The average Bonchev–Trinajstić information content (AvgIpc) is 2.18. The van der Waals surface area contributed by atoms with Crippen molar-refractivity contribution >= 4 is 5.84 Å². The summed E-state index contributed by atoms with van der Waals surface area (Å²) in [4.78, 5) is 0. The first-order valence-corrected chi connectivity index (χ1v) is 5.13. The first kappa shape index (κ1) is 9.33. The molecular formula is C9H17N5. The molecule has 1 fully saturated rings. The molecule has 5 nitrogen and oxygen atoms in total. The average molecular weight is 195 g/mol. The van der Waals surface area contributed by atoms with Gasteiger partial charge in [-0.1, -0.05) is 19.3 Å². The molecule has 14 heavy (non-hydrogen) atoms. The summed E-state index contributed by atoms with van der Waals surface area (Å²) in [5.41, 5.74) is 9.77. The number of hydrogen-bond acceptors (Lipinski definition) is 5. The van der Waals surface area contributed by atoms with Crippen molar-refractivity contribution < 1.29 is 0 Å². The van der Waals surface area contributed by atoms with Crippen LogP contribution in [0, 0.1) is 5.92 Å². The molecule has 1 saturated carbocycles. The van der Waals surface area contributed by atoms with Crippen LogP contribution in [0.5, 0.6) is 0 Å². The van der Waals surface area contributed by atoms with E-state index in [-0.39, 0.29) is 0 Å². The zero-order valence-electron chi connectivity index (χ0n) is 8.24. The van der Waals surface area contributed by atoms with Gasteiger partial charge < -0.3 is 5.73 Å². The van der Waals surface area contributed by atoms with Gasteiger partial charge in [0.2, 0.25) is 0 Å². The molecule has 2 rings (SSSR count). The molecular weight excluding hydrogens is 178 g/mol. The number of nitrogens with one attached hydrogen (secondary N) is 1. The maximum absolute atomic E-state index is 5.63. The Kier molecular flexibility index (Phi) is 2.58. The molecule has 0 aromatic rings. The highest BCUT2D eigenvalue weighted by Crippen LogP contribution is 2.28. The molecule has 0 spiro atoms. The van der Waals surface area contributed by atoms with Crippen LogP contribution in [0.3, 0.4) is 0 Å². The quantitative estimate of drug-likeness (QED) is 0.530. The molecule has 2 aliphatic rings. The number of hydrazine groups is 2. The second-order valence-corrected chi connectivity index (χ2v) is 3.92. The molecule has 0 saturated heterocycles. The van der Waals surface area contributed by atoms with Crippen LogP contribution in [0.2, 0.25) is 0 Å². The van der Waals surface area contributed by atoms with Crippen molar-refractivity contribution in [3.8, 4) is 0 Å². The molecule has 5 N–H and O–H groups in total. The standard InChI is InChI=1S/C9H17N5/c10-9-6-8(12-14(11)13-9)7-4-2-1-3-5-7/h6-7,12H,1-5,11H2,(H2,10,13). The Morgan fingerprint density at radius 2 is 2.07 bits per heavy atom. The number of hydrogen-bond donors (Lipinski definition) is 3. The fourth-order valence-electron chi connectivity index (χ4n) is 2.12. The van der Waals surface area contributed by atoms with Gasteiger partial charge in [-0.05, 0) is 12.8 Å². The number of hydrazone groups is 1. The summed E-state index contributed by atoms with van der Waals surface area (Å²) in [6.45, 7) is 0. The molecule has 0 unspecified atom stereocenters. The van der Waals surface area contributed by atoms with Gasteiger partial charge in [0.1, 0.15) is 5.84 Å². The monoisotopic (exact) mass is 195 g/mol. The Hall–Kier alpha value is -1.23. The minimum atomic E-state index is 0.479. The van der Waals surface area contributed by atoms with Gasteiger partial charge in [-0.2, -0.15) is 0 Å². The minimum absolute atomic E-state index is 0.479. The Morgan fingerprint density at radius 1 is 1.36 bits per heavy atom. The SMILES string of the molecule is NC1=NN(N)NC(C2CCCCC2)=C1. The van der Waals surface area contributed by atoms with Crippen LogP contribution in [0.4, 0.5) is 0 Å². The van der Waals surface area contributed by atoms with E-state index in [0.717, 1.165) is 5.70 Å². The lowest BCUT2D eigenvalue weighted by Crippen LogP contribution is -2.45.